The van der Waals surface area contributed by atoms with Gasteiger partial charge in [0, 0.05) is 0 Å². The van der Waals surface area contributed by atoms with E-state index in [2.05, 4.69) is 6.92 Å². The molecule has 0 saturated heterocycles. The molecule has 0 aromatic rings. The topological polar surface area (TPSA) is 20.2 Å². The summed E-state index contributed by atoms with van der Waals surface area (Å²) in [6.45, 7) is 2.19. The molecule has 66 valence electrons. The van der Waals surface area contributed by atoms with Crippen LogP contribution in [0, 0.1) is 5.92 Å². The summed E-state index contributed by atoms with van der Waals surface area (Å²) in [6, 6.07) is 0. The molecule has 1 saturated carbocycles. The molecule has 0 aliphatic heterocycles. The summed E-state index contributed by atoms with van der Waals surface area (Å²) >= 11 is 0. The molecule has 2 atom stereocenters. The van der Waals surface area contributed by atoms with Crippen molar-refractivity contribution < 1.29 is 5.11 Å². The highest BCUT2D eigenvalue weighted by atomic mass is 16.3. The zero-order chi connectivity index (χ0) is 8.10. The van der Waals surface area contributed by atoms with Crippen molar-refractivity contribution in [1.29, 1.82) is 0 Å². The van der Waals surface area contributed by atoms with Crippen molar-refractivity contribution in [3.05, 3.63) is 0 Å². The predicted octanol–water partition coefficient (Wildman–Crippen LogP) is 2.73. The van der Waals surface area contributed by atoms with Gasteiger partial charge in [0.2, 0.25) is 0 Å². The molecule has 0 bridgehead atoms. The van der Waals surface area contributed by atoms with Gasteiger partial charge in [0.05, 0.1) is 6.10 Å². The highest BCUT2D eigenvalue weighted by Gasteiger charge is 2.18. The van der Waals surface area contributed by atoms with E-state index >= 15 is 0 Å². The first-order chi connectivity index (χ1) is 5.34. The summed E-state index contributed by atoms with van der Waals surface area (Å²) in [4.78, 5) is 0. The molecule has 0 unspecified atom stereocenters. The lowest BCUT2D eigenvalue weighted by Gasteiger charge is -2.23. The zero-order valence-corrected chi connectivity index (χ0v) is 7.55. The van der Waals surface area contributed by atoms with Gasteiger partial charge in [0.15, 0.2) is 0 Å². The third kappa shape index (κ3) is 2.82. The minimum atomic E-state index is 0.000278. The molecule has 11 heavy (non-hydrogen) atoms. The Morgan fingerprint density at radius 2 is 1.73 bits per heavy atom. The Hall–Kier alpha value is -0.0400. The van der Waals surface area contributed by atoms with Gasteiger partial charge in [-0.25, -0.2) is 0 Å². The van der Waals surface area contributed by atoms with E-state index in [1.807, 2.05) is 0 Å². The normalized spacial score (nSPS) is 34.4. The first kappa shape index (κ1) is 9.05. The quantitative estimate of drug-likeness (QED) is 0.619. The SMILES string of the molecule is CC[C@H]1CCCCCC[C@@H]1O. The Bertz CT molecular complexity index is 101. The molecule has 0 aromatic heterocycles. The van der Waals surface area contributed by atoms with E-state index in [-0.39, 0.29) is 6.10 Å². The molecule has 1 aliphatic rings. The van der Waals surface area contributed by atoms with Gasteiger partial charge in [0.1, 0.15) is 0 Å². The number of hydrogen-bond acceptors (Lipinski definition) is 1. The summed E-state index contributed by atoms with van der Waals surface area (Å²) in [7, 11) is 0. The second kappa shape index (κ2) is 4.76. The van der Waals surface area contributed by atoms with E-state index in [4.69, 9.17) is 0 Å². The Labute approximate surface area is 69.8 Å². The molecule has 1 heteroatoms. The molecule has 1 N–H and O–H groups in total. The van der Waals surface area contributed by atoms with Crippen LogP contribution < -0.4 is 0 Å². The summed E-state index contributed by atoms with van der Waals surface area (Å²) in [5.74, 6) is 0.593. The molecule has 0 amide bonds. The van der Waals surface area contributed by atoms with Crippen LogP contribution in [0.4, 0.5) is 0 Å². The summed E-state index contributed by atoms with van der Waals surface area (Å²) in [5.41, 5.74) is 0. The molecule has 0 radical (unpaired) electrons. The average molecular weight is 156 g/mol. The van der Waals surface area contributed by atoms with Crippen molar-refractivity contribution >= 4 is 0 Å². The molecular formula is C10H20O. The molecule has 1 nitrogen and oxygen atoms in total. The smallest absolute Gasteiger partial charge is 0.0568 e. The van der Waals surface area contributed by atoms with Crippen molar-refractivity contribution in [2.75, 3.05) is 0 Å². The second-order valence-corrected chi connectivity index (χ2v) is 3.73. The van der Waals surface area contributed by atoms with Crippen molar-refractivity contribution in [3.8, 4) is 0 Å². The molecule has 0 aromatic carbocycles. The van der Waals surface area contributed by atoms with Crippen LogP contribution in [-0.4, -0.2) is 11.2 Å². The fraction of sp³-hybridized carbons (Fsp3) is 1.00. The third-order valence-electron chi connectivity index (χ3n) is 2.89. The first-order valence-corrected chi connectivity index (χ1v) is 5.02. The average Bonchev–Trinajstić information content (AvgIpc) is 1.98. The van der Waals surface area contributed by atoms with Crippen molar-refractivity contribution in [1.82, 2.24) is 0 Å². The van der Waals surface area contributed by atoms with Gasteiger partial charge in [-0.05, 0) is 18.8 Å². The maximum Gasteiger partial charge on any atom is 0.0568 e. The van der Waals surface area contributed by atoms with E-state index in [0.717, 1.165) is 12.8 Å². The van der Waals surface area contributed by atoms with Crippen LogP contribution in [0.25, 0.3) is 0 Å². The van der Waals surface area contributed by atoms with Crippen LogP contribution in [-0.2, 0) is 0 Å². The van der Waals surface area contributed by atoms with Crippen LogP contribution in [0.15, 0.2) is 0 Å². The van der Waals surface area contributed by atoms with Crippen molar-refractivity contribution in [2.24, 2.45) is 5.92 Å². The van der Waals surface area contributed by atoms with Gasteiger partial charge in [-0.2, -0.15) is 0 Å². The highest BCUT2D eigenvalue weighted by Crippen LogP contribution is 2.24. The minimum Gasteiger partial charge on any atom is -0.393 e. The maximum atomic E-state index is 9.67. The summed E-state index contributed by atoms with van der Waals surface area (Å²) in [5, 5.41) is 9.67. The van der Waals surface area contributed by atoms with Gasteiger partial charge >= 0.3 is 0 Å². The van der Waals surface area contributed by atoms with Crippen molar-refractivity contribution in [3.63, 3.8) is 0 Å². The lowest BCUT2D eigenvalue weighted by atomic mass is 9.87. The minimum absolute atomic E-state index is 0.000278. The monoisotopic (exact) mass is 156 g/mol. The fourth-order valence-corrected chi connectivity index (χ4v) is 2.02. The largest absolute Gasteiger partial charge is 0.393 e. The van der Waals surface area contributed by atoms with Crippen LogP contribution in [0.2, 0.25) is 0 Å². The standard InChI is InChI=1S/C10H20O/c1-2-9-7-5-3-4-6-8-10(9)11/h9-11H,2-8H2,1H3/t9-,10-/m0/s1. The number of aliphatic hydroxyl groups excluding tert-OH is 1. The zero-order valence-electron chi connectivity index (χ0n) is 7.55. The van der Waals surface area contributed by atoms with Crippen LogP contribution in [0.5, 0.6) is 0 Å². The van der Waals surface area contributed by atoms with Crippen LogP contribution in [0.1, 0.15) is 51.9 Å². The van der Waals surface area contributed by atoms with Crippen LogP contribution >= 0.6 is 0 Å². The summed E-state index contributed by atoms with van der Waals surface area (Å²) in [6.07, 6.45) is 8.71. The van der Waals surface area contributed by atoms with Gasteiger partial charge in [0.25, 0.3) is 0 Å². The van der Waals surface area contributed by atoms with Gasteiger partial charge < -0.3 is 5.11 Å². The molecule has 1 fully saturated rings. The van der Waals surface area contributed by atoms with E-state index in [1.165, 1.54) is 32.1 Å². The van der Waals surface area contributed by atoms with E-state index in [1.54, 1.807) is 0 Å². The Kier molecular flexibility index (Phi) is 3.92. The van der Waals surface area contributed by atoms with E-state index < -0.39 is 0 Å². The Balaban J connectivity index is 2.33. The fourth-order valence-electron chi connectivity index (χ4n) is 2.02. The lowest BCUT2D eigenvalue weighted by Crippen LogP contribution is -2.21. The number of aliphatic hydroxyl groups is 1. The third-order valence-corrected chi connectivity index (χ3v) is 2.89. The number of hydrogen-bond donors (Lipinski definition) is 1. The van der Waals surface area contributed by atoms with Gasteiger partial charge in [-0.15, -0.1) is 0 Å². The van der Waals surface area contributed by atoms with Crippen LogP contribution in [0.3, 0.4) is 0 Å². The number of rotatable bonds is 1. The maximum absolute atomic E-state index is 9.67. The molecule has 1 aliphatic carbocycles. The molecule has 0 spiro atoms. The Morgan fingerprint density at radius 1 is 1.09 bits per heavy atom. The van der Waals surface area contributed by atoms with Gasteiger partial charge in [-0.3, -0.25) is 0 Å². The van der Waals surface area contributed by atoms with Crippen molar-refractivity contribution in [2.45, 2.75) is 58.0 Å². The van der Waals surface area contributed by atoms with E-state index in [9.17, 15) is 5.11 Å². The lowest BCUT2D eigenvalue weighted by molar-refractivity contribution is 0.0816. The first-order valence-electron chi connectivity index (χ1n) is 5.02. The second-order valence-electron chi connectivity index (χ2n) is 3.73. The highest BCUT2D eigenvalue weighted by molar-refractivity contribution is 4.70. The molecule has 1 rings (SSSR count). The molecule has 0 heterocycles. The van der Waals surface area contributed by atoms with E-state index in [0.29, 0.717) is 5.92 Å². The Morgan fingerprint density at radius 3 is 2.36 bits per heavy atom. The summed E-state index contributed by atoms with van der Waals surface area (Å²) < 4.78 is 0. The predicted molar refractivity (Wildman–Crippen MR) is 47.5 cm³/mol. The molecular weight excluding hydrogens is 136 g/mol. The van der Waals surface area contributed by atoms with Gasteiger partial charge in [-0.1, -0.05) is 39.0 Å².